The highest BCUT2D eigenvalue weighted by molar-refractivity contribution is 7.09. The Kier molecular flexibility index (Phi) is 5.45. The summed E-state index contributed by atoms with van der Waals surface area (Å²) in [6.07, 6.45) is 3.69. The number of hydrogen-bond donors (Lipinski definition) is 1. The van der Waals surface area contributed by atoms with Crippen LogP contribution in [0.25, 0.3) is 0 Å². The van der Waals surface area contributed by atoms with Crippen LogP contribution in [-0.2, 0) is 19.6 Å². The third kappa shape index (κ3) is 4.67. The van der Waals surface area contributed by atoms with Gasteiger partial charge in [0, 0.05) is 31.4 Å². The van der Waals surface area contributed by atoms with Gasteiger partial charge in [0.2, 0.25) is 0 Å². The molecule has 2 amide bonds. The van der Waals surface area contributed by atoms with Gasteiger partial charge in [0.25, 0.3) is 0 Å². The molecule has 2 aromatic heterocycles. The van der Waals surface area contributed by atoms with Crippen LogP contribution in [0.3, 0.4) is 0 Å². The van der Waals surface area contributed by atoms with Crippen LogP contribution in [0, 0.1) is 6.92 Å². The van der Waals surface area contributed by atoms with E-state index in [9.17, 15) is 4.79 Å². The van der Waals surface area contributed by atoms with E-state index in [0.717, 1.165) is 21.8 Å². The average Bonchev–Trinajstić information content (AvgIpc) is 3.25. The first kappa shape index (κ1) is 17.2. The summed E-state index contributed by atoms with van der Waals surface area (Å²) in [5.74, 6) is 0. The summed E-state index contributed by atoms with van der Waals surface area (Å²) >= 11 is 1.59. The number of thiazole rings is 1. The van der Waals surface area contributed by atoms with E-state index in [1.54, 1.807) is 29.5 Å². The second kappa shape index (κ2) is 7.94. The first-order chi connectivity index (χ1) is 12.1. The summed E-state index contributed by atoms with van der Waals surface area (Å²) in [4.78, 5) is 18.4. The van der Waals surface area contributed by atoms with Crippen molar-refractivity contribution in [1.29, 1.82) is 0 Å². The smallest absolute Gasteiger partial charge is 0.317 e. The van der Waals surface area contributed by atoms with Gasteiger partial charge in [-0.05, 0) is 24.1 Å². The fourth-order valence-corrected chi connectivity index (χ4v) is 3.16. The summed E-state index contributed by atoms with van der Waals surface area (Å²) in [5.41, 5.74) is 3.15. The molecule has 0 saturated carbocycles. The predicted octanol–water partition coefficient (Wildman–Crippen LogP) is 3.04. The topological polar surface area (TPSA) is 63.1 Å². The van der Waals surface area contributed by atoms with Gasteiger partial charge in [-0.25, -0.2) is 9.78 Å². The molecule has 0 spiro atoms. The van der Waals surface area contributed by atoms with Gasteiger partial charge in [0.15, 0.2) is 0 Å². The largest absolute Gasteiger partial charge is 0.334 e. The highest BCUT2D eigenvalue weighted by Gasteiger charge is 2.11. The Hall–Kier alpha value is -2.67. The molecule has 3 aromatic rings. The lowest BCUT2D eigenvalue weighted by molar-refractivity contribution is 0.206. The molecule has 0 aliphatic heterocycles. The van der Waals surface area contributed by atoms with Crippen molar-refractivity contribution in [3.05, 3.63) is 69.9 Å². The van der Waals surface area contributed by atoms with Crippen molar-refractivity contribution in [1.82, 2.24) is 25.0 Å². The number of rotatable bonds is 6. The van der Waals surface area contributed by atoms with E-state index in [0.29, 0.717) is 19.6 Å². The number of hydrogen-bond acceptors (Lipinski definition) is 4. The van der Waals surface area contributed by atoms with Crippen molar-refractivity contribution in [2.75, 3.05) is 7.05 Å². The lowest BCUT2D eigenvalue weighted by Crippen LogP contribution is -2.36. The van der Waals surface area contributed by atoms with E-state index in [1.807, 2.05) is 47.4 Å². The zero-order chi connectivity index (χ0) is 17.6. The van der Waals surface area contributed by atoms with Crippen LogP contribution >= 0.6 is 11.3 Å². The molecule has 25 heavy (non-hydrogen) atoms. The number of amides is 2. The molecule has 0 atom stereocenters. The van der Waals surface area contributed by atoms with E-state index in [-0.39, 0.29) is 6.03 Å². The minimum atomic E-state index is -0.112. The lowest BCUT2D eigenvalue weighted by Gasteiger charge is -2.18. The molecule has 0 fully saturated rings. The Morgan fingerprint density at radius 2 is 2.08 bits per heavy atom. The van der Waals surface area contributed by atoms with Gasteiger partial charge in [0.05, 0.1) is 23.8 Å². The molecule has 0 bridgehead atoms. The maximum atomic E-state index is 12.3. The van der Waals surface area contributed by atoms with Gasteiger partial charge >= 0.3 is 6.03 Å². The van der Waals surface area contributed by atoms with E-state index < -0.39 is 0 Å². The number of nitrogens with one attached hydrogen (secondary N) is 1. The van der Waals surface area contributed by atoms with Crippen molar-refractivity contribution in [3.8, 4) is 0 Å². The standard InChI is InChI=1S/C18H21N5OS/c1-14-21-17(13-25-14)12-22(2)18(24)19-10-15-6-3-4-7-16(15)11-23-9-5-8-20-23/h3-9,13H,10-12H2,1-2H3,(H,19,24). The number of benzene rings is 1. The van der Waals surface area contributed by atoms with Crippen molar-refractivity contribution >= 4 is 17.4 Å². The maximum Gasteiger partial charge on any atom is 0.317 e. The summed E-state index contributed by atoms with van der Waals surface area (Å²) in [5, 5.41) is 10.2. The van der Waals surface area contributed by atoms with Crippen molar-refractivity contribution in [3.63, 3.8) is 0 Å². The zero-order valence-corrected chi connectivity index (χ0v) is 15.2. The van der Waals surface area contributed by atoms with Crippen molar-refractivity contribution in [2.45, 2.75) is 26.6 Å². The Labute approximate surface area is 151 Å². The third-order valence-electron chi connectivity index (χ3n) is 3.85. The summed E-state index contributed by atoms with van der Waals surface area (Å²) in [7, 11) is 1.78. The Morgan fingerprint density at radius 1 is 1.28 bits per heavy atom. The Bertz CT molecular complexity index is 828. The van der Waals surface area contributed by atoms with Crippen molar-refractivity contribution in [2.24, 2.45) is 0 Å². The molecule has 0 unspecified atom stereocenters. The summed E-state index contributed by atoms with van der Waals surface area (Å²) in [6, 6.07) is 9.86. The normalized spacial score (nSPS) is 10.6. The first-order valence-corrected chi connectivity index (χ1v) is 8.94. The number of aryl methyl sites for hydroxylation is 1. The molecule has 7 heteroatoms. The van der Waals surface area contributed by atoms with E-state index in [2.05, 4.69) is 21.5 Å². The van der Waals surface area contributed by atoms with Gasteiger partial charge in [-0.15, -0.1) is 11.3 Å². The third-order valence-corrected chi connectivity index (χ3v) is 4.67. The van der Waals surface area contributed by atoms with Gasteiger partial charge in [0.1, 0.15) is 0 Å². The first-order valence-electron chi connectivity index (χ1n) is 8.06. The van der Waals surface area contributed by atoms with Crippen molar-refractivity contribution < 1.29 is 4.79 Å². The van der Waals surface area contributed by atoms with Crippen LogP contribution in [0.1, 0.15) is 21.8 Å². The van der Waals surface area contributed by atoms with Crippen LogP contribution < -0.4 is 5.32 Å². The molecule has 2 heterocycles. The number of carbonyl (C=O) groups is 1. The van der Waals surface area contributed by atoms with Crippen LogP contribution in [0.4, 0.5) is 4.79 Å². The average molecular weight is 355 g/mol. The van der Waals surface area contributed by atoms with E-state index >= 15 is 0 Å². The molecule has 6 nitrogen and oxygen atoms in total. The van der Waals surface area contributed by atoms with Crippen LogP contribution in [0.15, 0.2) is 48.1 Å². The maximum absolute atomic E-state index is 12.3. The van der Waals surface area contributed by atoms with Gasteiger partial charge in [-0.2, -0.15) is 5.10 Å². The molecule has 1 N–H and O–H groups in total. The van der Waals surface area contributed by atoms with Crippen LogP contribution in [0.2, 0.25) is 0 Å². The van der Waals surface area contributed by atoms with Gasteiger partial charge < -0.3 is 10.2 Å². The molecule has 0 radical (unpaired) electrons. The number of nitrogens with zero attached hydrogens (tertiary/aromatic N) is 4. The molecule has 3 rings (SSSR count). The minimum absolute atomic E-state index is 0.112. The summed E-state index contributed by atoms with van der Waals surface area (Å²) in [6.45, 7) is 3.64. The molecule has 0 saturated heterocycles. The lowest BCUT2D eigenvalue weighted by atomic mass is 10.1. The molecular weight excluding hydrogens is 334 g/mol. The zero-order valence-electron chi connectivity index (χ0n) is 14.3. The highest BCUT2D eigenvalue weighted by atomic mass is 32.1. The number of carbonyl (C=O) groups excluding carboxylic acids is 1. The number of aromatic nitrogens is 3. The molecule has 130 valence electrons. The minimum Gasteiger partial charge on any atom is -0.334 e. The second-order valence-electron chi connectivity index (χ2n) is 5.84. The summed E-state index contributed by atoms with van der Waals surface area (Å²) < 4.78 is 1.87. The molecule has 0 aliphatic carbocycles. The van der Waals surface area contributed by atoms with Crippen LogP contribution in [0.5, 0.6) is 0 Å². The Balaban J connectivity index is 1.58. The van der Waals surface area contributed by atoms with Crippen LogP contribution in [-0.4, -0.2) is 32.7 Å². The fourth-order valence-electron chi connectivity index (χ4n) is 2.55. The monoisotopic (exact) mass is 355 g/mol. The fraction of sp³-hybridized carbons (Fsp3) is 0.278. The number of urea groups is 1. The van der Waals surface area contributed by atoms with Gasteiger partial charge in [-0.1, -0.05) is 24.3 Å². The van der Waals surface area contributed by atoms with E-state index in [4.69, 9.17) is 0 Å². The predicted molar refractivity (Wildman–Crippen MR) is 98.3 cm³/mol. The SMILES string of the molecule is Cc1nc(CN(C)C(=O)NCc2ccccc2Cn2cccn2)cs1. The molecule has 1 aromatic carbocycles. The van der Waals surface area contributed by atoms with Gasteiger partial charge in [-0.3, -0.25) is 4.68 Å². The quantitative estimate of drug-likeness (QED) is 0.739. The second-order valence-corrected chi connectivity index (χ2v) is 6.91. The molecular formula is C18H21N5OS. The van der Waals surface area contributed by atoms with E-state index in [1.165, 1.54) is 0 Å². The highest BCUT2D eigenvalue weighted by Crippen LogP contribution is 2.12. The Morgan fingerprint density at radius 3 is 2.76 bits per heavy atom. The molecule has 0 aliphatic rings.